The first-order valence-electron chi connectivity index (χ1n) is 13.1. The molecule has 3 heterocycles. The highest BCUT2D eigenvalue weighted by molar-refractivity contribution is 7.89. The number of aliphatic hydroxyl groups is 1. The molecule has 0 amide bonds. The predicted octanol–water partition coefficient (Wildman–Crippen LogP) is 4.00. The van der Waals surface area contributed by atoms with Crippen molar-refractivity contribution in [3.8, 4) is 5.88 Å². The molecule has 248 valence electrons. The van der Waals surface area contributed by atoms with Crippen LogP contribution >= 0.6 is 15.8 Å². The first-order valence-corrected chi connectivity index (χ1v) is 16.0. The lowest BCUT2D eigenvalue weighted by Gasteiger charge is -2.28. The van der Waals surface area contributed by atoms with Gasteiger partial charge in [0.1, 0.15) is 6.61 Å². The molecule has 0 unspecified atom stereocenters. The summed E-state index contributed by atoms with van der Waals surface area (Å²) in [5.41, 5.74) is 2.99. The number of hydrogen-bond donors (Lipinski definition) is 2. The van der Waals surface area contributed by atoms with E-state index in [0.717, 1.165) is 17.8 Å². The fourth-order valence-corrected chi connectivity index (χ4v) is 5.17. The second-order valence-corrected chi connectivity index (χ2v) is 13.3. The van der Waals surface area contributed by atoms with Crippen LogP contribution in [0, 0.1) is 0 Å². The first kappa shape index (κ1) is 35.6. The molecular weight excluding hydrogens is 638 g/mol. The molecule has 1 fully saturated rings. The van der Waals surface area contributed by atoms with Crippen LogP contribution in [0.3, 0.4) is 0 Å². The van der Waals surface area contributed by atoms with E-state index in [4.69, 9.17) is 47.7 Å². The Labute approximate surface area is 252 Å². The number of carbonyl (C=O) groups is 2. The third-order valence-corrected chi connectivity index (χ3v) is 8.09. The van der Waals surface area contributed by atoms with E-state index in [1.54, 1.807) is 34.6 Å². The molecule has 0 aromatic carbocycles. The minimum absolute atomic E-state index is 0.00427. The van der Waals surface area contributed by atoms with E-state index in [1.165, 1.54) is 0 Å². The molecule has 0 saturated carbocycles. The zero-order chi connectivity index (χ0) is 32.9. The average Bonchev–Trinajstić information content (AvgIpc) is 3.39. The molecule has 0 bridgehead atoms. The summed E-state index contributed by atoms with van der Waals surface area (Å²) < 4.78 is 79.2. The number of ether oxygens (including phenoxy) is 6. The number of halogens is 2. The lowest BCUT2D eigenvalue weighted by molar-refractivity contribution is -0.204. The fraction of sp³-hybridized carbons (Fsp3) is 0.696. The van der Waals surface area contributed by atoms with Gasteiger partial charge >= 0.3 is 12.3 Å². The van der Waals surface area contributed by atoms with Crippen molar-refractivity contribution in [1.82, 2.24) is 19.5 Å². The van der Waals surface area contributed by atoms with E-state index in [2.05, 4.69) is 23.5 Å². The molecule has 17 nitrogen and oxygen atoms in total. The monoisotopic (exact) mass is 673 g/mol. The largest absolute Gasteiger partial charge is 0.510 e. The molecule has 2 aromatic rings. The van der Waals surface area contributed by atoms with Crippen LogP contribution in [0.15, 0.2) is 6.33 Å². The van der Waals surface area contributed by atoms with Crippen LogP contribution in [0.4, 0.5) is 24.3 Å². The van der Waals surface area contributed by atoms with Gasteiger partial charge in [0.05, 0.1) is 25.1 Å². The van der Waals surface area contributed by atoms with E-state index in [1.807, 2.05) is 0 Å². The van der Waals surface area contributed by atoms with Crippen molar-refractivity contribution in [2.45, 2.75) is 77.6 Å². The van der Waals surface area contributed by atoms with Crippen molar-refractivity contribution in [2.75, 3.05) is 32.5 Å². The Morgan fingerprint density at radius 1 is 1.11 bits per heavy atom. The van der Waals surface area contributed by atoms with Crippen LogP contribution in [-0.2, 0) is 37.3 Å². The van der Waals surface area contributed by atoms with Gasteiger partial charge in [-0.1, -0.05) is 0 Å². The SMILES string of the molecule is CCOc1nc(N)nc2c1ncn2[C@@H]1O[C@](F)(COP(=P)(OCOC(=O)OC(C)C)OCOC(=O)OC(C)C)[C@@H](O)[C@@]1(C)F. The Kier molecular flexibility index (Phi) is 11.7. The summed E-state index contributed by atoms with van der Waals surface area (Å²) in [5, 5.41) is 10.7. The first-order chi connectivity index (χ1) is 20.5. The molecule has 0 spiro atoms. The molecule has 44 heavy (non-hydrogen) atoms. The lowest BCUT2D eigenvalue weighted by atomic mass is 9.97. The van der Waals surface area contributed by atoms with E-state index >= 15 is 8.78 Å². The average molecular weight is 674 g/mol. The van der Waals surface area contributed by atoms with Gasteiger partial charge in [0.2, 0.25) is 25.4 Å². The number of nitrogens with zero attached hydrogens (tertiary/aromatic N) is 4. The smallest absolute Gasteiger partial charge is 0.476 e. The number of rotatable bonds is 14. The summed E-state index contributed by atoms with van der Waals surface area (Å²) in [4.78, 5) is 35.5. The summed E-state index contributed by atoms with van der Waals surface area (Å²) in [6.45, 7) is 6.23. The van der Waals surface area contributed by atoms with Crippen molar-refractivity contribution >= 4 is 45.2 Å². The maximum atomic E-state index is 16.2. The van der Waals surface area contributed by atoms with Crippen LogP contribution in [0.2, 0.25) is 0 Å². The standard InChI is InChI=1S/C23H35F2N5O12P2/c1-7-34-16-14-15(28-19(26)29-16)30(9-27-14)18-22(6,24)17(31)23(25,42-18)8-37-44(43,38-10-35-20(32)40-12(2)3)39-11-36-21(33)41-13(4)5/h9,12-13,17-18,31,43H,7-8,10-11H2,1-6H3,(H2,26,28,29)/t17-,18+,22+,23+/m0/s1. The third kappa shape index (κ3) is 8.62. The van der Waals surface area contributed by atoms with Gasteiger partial charge in [-0.25, -0.2) is 23.4 Å². The molecule has 1 saturated heterocycles. The van der Waals surface area contributed by atoms with Crippen molar-refractivity contribution in [2.24, 2.45) is 0 Å². The maximum Gasteiger partial charge on any atom is 0.510 e. The van der Waals surface area contributed by atoms with Gasteiger partial charge in [0.25, 0.3) is 13.1 Å². The van der Waals surface area contributed by atoms with Crippen LogP contribution in [-0.4, -0.2) is 93.6 Å². The minimum Gasteiger partial charge on any atom is -0.476 e. The van der Waals surface area contributed by atoms with E-state index in [9.17, 15) is 14.7 Å². The molecule has 2 aromatic heterocycles. The van der Waals surface area contributed by atoms with Gasteiger partial charge in [-0.15, -0.1) is 0 Å². The van der Waals surface area contributed by atoms with E-state index < -0.39 is 75.8 Å². The number of nitrogens with two attached hydrogens (primary N) is 1. The summed E-state index contributed by atoms with van der Waals surface area (Å²) in [5.74, 6) is -3.46. The fourth-order valence-electron chi connectivity index (χ4n) is 3.70. The summed E-state index contributed by atoms with van der Waals surface area (Å²) in [6.07, 6.45) is -6.41. The van der Waals surface area contributed by atoms with E-state index in [-0.39, 0.29) is 29.6 Å². The zero-order valence-corrected chi connectivity index (χ0v) is 26.6. The Balaban J connectivity index is 1.80. The Bertz CT molecular complexity index is 1330. The van der Waals surface area contributed by atoms with Crippen LogP contribution in [0.5, 0.6) is 5.88 Å². The zero-order valence-electron chi connectivity index (χ0n) is 24.7. The van der Waals surface area contributed by atoms with Crippen LogP contribution in [0.25, 0.3) is 11.2 Å². The number of aliphatic hydroxyl groups excluding tert-OH is 1. The second-order valence-electron chi connectivity index (χ2n) is 9.84. The third-order valence-electron chi connectivity index (χ3n) is 5.57. The summed E-state index contributed by atoms with van der Waals surface area (Å²) in [7, 11) is -0.866. The van der Waals surface area contributed by atoms with Gasteiger partial charge in [-0.3, -0.25) is 13.6 Å². The van der Waals surface area contributed by atoms with E-state index in [0.29, 0.717) is 0 Å². The Hall–Kier alpha value is -2.92. The van der Waals surface area contributed by atoms with Crippen molar-refractivity contribution in [1.29, 1.82) is 0 Å². The second kappa shape index (κ2) is 14.5. The molecule has 3 rings (SSSR count). The number of carbonyl (C=O) groups excluding carboxylic acids is 2. The Morgan fingerprint density at radius 3 is 2.20 bits per heavy atom. The normalized spacial score (nSPS) is 23.7. The van der Waals surface area contributed by atoms with Crippen molar-refractivity contribution in [3.63, 3.8) is 0 Å². The molecule has 1 aliphatic heterocycles. The summed E-state index contributed by atoms with van der Waals surface area (Å²) in [6, 6.07) is 0. The van der Waals surface area contributed by atoms with Crippen molar-refractivity contribution in [3.05, 3.63) is 6.33 Å². The van der Waals surface area contributed by atoms with Crippen LogP contribution in [0.1, 0.15) is 47.8 Å². The molecule has 0 aliphatic carbocycles. The molecule has 3 N–H and O–H groups in total. The highest BCUT2D eigenvalue weighted by Crippen LogP contribution is 2.57. The lowest BCUT2D eigenvalue weighted by Crippen LogP contribution is -2.46. The molecule has 1 aliphatic rings. The summed E-state index contributed by atoms with van der Waals surface area (Å²) >= 11 is 0. The minimum atomic E-state index is -3.94. The highest BCUT2D eigenvalue weighted by atomic mass is 31.8. The van der Waals surface area contributed by atoms with Gasteiger partial charge in [0, 0.05) is 0 Å². The molecular formula is C23H35F2N5O12P2. The number of alkyl halides is 2. The van der Waals surface area contributed by atoms with Gasteiger partial charge < -0.3 is 43.8 Å². The van der Waals surface area contributed by atoms with Crippen LogP contribution < -0.4 is 10.5 Å². The maximum absolute atomic E-state index is 16.2. The topological polar surface area (TPSA) is 207 Å². The molecule has 0 radical (unpaired) electrons. The number of anilines is 1. The predicted molar refractivity (Wildman–Crippen MR) is 149 cm³/mol. The van der Waals surface area contributed by atoms with Gasteiger partial charge in [0.15, 0.2) is 29.2 Å². The number of hydrogen-bond acceptors (Lipinski definition) is 16. The number of aromatic nitrogens is 4. The number of nitrogen functional groups attached to an aromatic ring is 1. The number of fused-ring (bicyclic) bond motifs is 1. The quantitative estimate of drug-likeness (QED) is 0.165. The van der Waals surface area contributed by atoms with Gasteiger partial charge in [-0.2, -0.15) is 9.97 Å². The highest BCUT2D eigenvalue weighted by Gasteiger charge is 2.65. The Morgan fingerprint density at radius 2 is 1.68 bits per heavy atom. The van der Waals surface area contributed by atoms with Crippen molar-refractivity contribution < 1.29 is 65.5 Å². The molecule has 4 atom stereocenters. The molecule has 21 heteroatoms. The number of imidazole rings is 1. The van der Waals surface area contributed by atoms with Gasteiger partial charge in [-0.05, 0) is 50.1 Å².